The third-order valence-corrected chi connectivity index (χ3v) is 6.07. The number of anilines is 2. The van der Waals surface area contributed by atoms with Crippen LogP contribution in [0, 0.1) is 0 Å². The number of β-amino-alcohol motifs (C(OH)–C–C–N with tert-alkyl or cyclic N) is 1. The third kappa shape index (κ3) is 3.76. The highest BCUT2D eigenvalue weighted by atomic mass is 32.2. The van der Waals surface area contributed by atoms with Crippen LogP contribution in [0.25, 0.3) is 0 Å². The number of hydrogen-bond donors (Lipinski definition) is 1. The Morgan fingerprint density at radius 2 is 1.89 bits per heavy atom. The maximum absolute atomic E-state index is 13.3. The minimum atomic E-state index is -4.48. The summed E-state index contributed by atoms with van der Waals surface area (Å²) in [7, 11) is 0. The lowest BCUT2D eigenvalue weighted by atomic mass is 10.1. The van der Waals surface area contributed by atoms with Crippen molar-refractivity contribution in [2.75, 3.05) is 24.5 Å². The Morgan fingerprint density at radius 3 is 2.64 bits per heavy atom. The van der Waals surface area contributed by atoms with Crippen LogP contribution >= 0.6 is 11.8 Å². The number of rotatable bonds is 2. The fourth-order valence-electron chi connectivity index (χ4n) is 3.64. The Labute approximate surface area is 164 Å². The molecular formula is C20H19F3N2O2S. The molecule has 1 N–H and O–H groups in total. The summed E-state index contributed by atoms with van der Waals surface area (Å²) in [6, 6.07) is 10.7. The van der Waals surface area contributed by atoms with Crippen LogP contribution in [0.1, 0.15) is 18.4 Å². The van der Waals surface area contributed by atoms with E-state index >= 15 is 0 Å². The first-order valence-electron chi connectivity index (χ1n) is 9.04. The van der Waals surface area contributed by atoms with Crippen LogP contribution in [0.4, 0.5) is 24.5 Å². The van der Waals surface area contributed by atoms with Crippen molar-refractivity contribution in [3.8, 4) is 0 Å². The van der Waals surface area contributed by atoms with E-state index in [9.17, 15) is 23.1 Å². The van der Waals surface area contributed by atoms with Crippen molar-refractivity contribution in [3.63, 3.8) is 0 Å². The number of alkyl halides is 3. The first-order valence-corrected chi connectivity index (χ1v) is 9.86. The number of likely N-dealkylation sites (tertiary alicyclic amines) is 1. The molecule has 0 saturated carbocycles. The van der Waals surface area contributed by atoms with E-state index in [0.717, 1.165) is 23.4 Å². The van der Waals surface area contributed by atoms with Crippen LogP contribution in [-0.4, -0.2) is 41.7 Å². The van der Waals surface area contributed by atoms with Crippen molar-refractivity contribution < 1.29 is 23.1 Å². The van der Waals surface area contributed by atoms with Gasteiger partial charge in [-0.2, -0.15) is 13.2 Å². The molecule has 4 nitrogen and oxygen atoms in total. The number of nitrogens with zero attached hydrogens (tertiary/aromatic N) is 2. The van der Waals surface area contributed by atoms with Gasteiger partial charge in [0.15, 0.2) is 0 Å². The summed E-state index contributed by atoms with van der Waals surface area (Å²) in [6.45, 7) is 1.12. The minimum Gasteiger partial charge on any atom is -0.392 e. The molecule has 0 aliphatic carbocycles. The van der Waals surface area contributed by atoms with Gasteiger partial charge in [-0.3, -0.25) is 14.6 Å². The number of aliphatic hydroxyl groups excluding tert-OH is 1. The van der Waals surface area contributed by atoms with Gasteiger partial charge in [0.25, 0.3) is 0 Å². The molecule has 1 saturated heterocycles. The van der Waals surface area contributed by atoms with Gasteiger partial charge in [-0.05, 0) is 49.7 Å². The number of benzene rings is 2. The van der Waals surface area contributed by atoms with Crippen LogP contribution in [0.3, 0.4) is 0 Å². The first-order chi connectivity index (χ1) is 13.3. The van der Waals surface area contributed by atoms with E-state index < -0.39 is 17.8 Å². The molecular weight excluding hydrogens is 389 g/mol. The van der Waals surface area contributed by atoms with E-state index in [1.807, 2.05) is 17.0 Å². The number of halogens is 3. The van der Waals surface area contributed by atoms with E-state index in [0.29, 0.717) is 30.1 Å². The highest BCUT2D eigenvalue weighted by molar-refractivity contribution is 7.99. The van der Waals surface area contributed by atoms with Crippen molar-refractivity contribution >= 4 is 29.0 Å². The van der Waals surface area contributed by atoms with Gasteiger partial charge < -0.3 is 5.11 Å². The fraction of sp³-hybridized carbons (Fsp3) is 0.350. The summed E-state index contributed by atoms with van der Waals surface area (Å²) >= 11 is 1.35. The van der Waals surface area contributed by atoms with Crippen molar-refractivity contribution in [3.05, 3.63) is 48.0 Å². The lowest BCUT2D eigenvalue weighted by Gasteiger charge is -2.35. The lowest BCUT2D eigenvalue weighted by molar-refractivity contribution is -0.137. The number of aliphatic hydroxyl groups is 1. The Morgan fingerprint density at radius 1 is 1.14 bits per heavy atom. The summed E-state index contributed by atoms with van der Waals surface area (Å²) in [5.74, 6) is -0.303. The molecule has 1 amide bonds. The monoisotopic (exact) mass is 408 g/mol. The number of amides is 1. The molecule has 2 heterocycles. The van der Waals surface area contributed by atoms with E-state index in [1.54, 1.807) is 12.1 Å². The van der Waals surface area contributed by atoms with Crippen LogP contribution < -0.4 is 4.90 Å². The van der Waals surface area contributed by atoms with Crippen LogP contribution in [0.5, 0.6) is 0 Å². The zero-order chi connectivity index (χ0) is 19.9. The molecule has 4 rings (SSSR count). The van der Waals surface area contributed by atoms with Crippen LogP contribution in [0.15, 0.2) is 52.3 Å². The maximum Gasteiger partial charge on any atom is 0.416 e. The quantitative estimate of drug-likeness (QED) is 0.805. The molecule has 2 aliphatic rings. The van der Waals surface area contributed by atoms with Gasteiger partial charge in [0.1, 0.15) is 0 Å². The zero-order valence-corrected chi connectivity index (χ0v) is 15.8. The van der Waals surface area contributed by atoms with Crippen molar-refractivity contribution in [2.24, 2.45) is 0 Å². The molecule has 1 atom stereocenters. The second kappa shape index (κ2) is 7.42. The number of carbonyl (C=O) groups excluding carboxylic acids is 1. The first kappa shape index (κ1) is 19.3. The number of carbonyl (C=O) groups is 1. The smallest absolute Gasteiger partial charge is 0.392 e. The molecule has 2 aromatic rings. The Hall–Kier alpha value is -2.03. The largest absolute Gasteiger partial charge is 0.416 e. The predicted octanol–water partition coefficient (Wildman–Crippen LogP) is 4.29. The van der Waals surface area contributed by atoms with E-state index in [-0.39, 0.29) is 18.1 Å². The molecule has 2 aliphatic heterocycles. The molecule has 0 spiro atoms. The van der Waals surface area contributed by atoms with Gasteiger partial charge in [-0.15, -0.1) is 0 Å². The predicted molar refractivity (Wildman–Crippen MR) is 101 cm³/mol. The zero-order valence-electron chi connectivity index (χ0n) is 14.9. The standard InChI is InChI=1S/C20H19F3N2O2S/c21-20(22,23)13-7-8-18-16(10-13)25(15-5-1-2-6-17(15)28-18)19(27)12-24-9-3-4-14(26)11-24/h1-2,5-8,10,14,26H,3-4,9,11-12H2/t14-/m1/s1. The van der Waals surface area contributed by atoms with Gasteiger partial charge >= 0.3 is 6.18 Å². The average Bonchev–Trinajstić information content (AvgIpc) is 2.64. The molecule has 28 heavy (non-hydrogen) atoms. The number of hydrogen-bond acceptors (Lipinski definition) is 4. The lowest BCUT2D eigenvalue weighted by Crippen LogP contribution is -2.45. The van der Waals surface area contributed by atoms with Crippen LogP contribution in [0.2, 0.25) is 0 Å². The summed E-state index contributed by atoms with van der Waals surface area (Å²) in [5, 5.41) is 9.85. The average molecular weight is 408 g/mol. The van der Waals surface area contributed by atoms with Gasteiger partial charge in [-0.1, -0.05) is 23.9 Å². The van der Waals surface area contributed by atoms with Crippen LogP contribution in [-0.2, 0) is 11.0 Å². The molecule has 8 heteroatoms. The Kier molecular flexibility index (Phi) is 5.11. The summed E-state index contributed by atoms with van der Waals surface area (Å²) in [5.41, 5.74) is 0.0559. The number of fused-ring (bicyclic) bond motifs is 2. The maximum atomic E-state index is 13.3. The van der Waals surface area contributed by atoms with Crippen molar-refractivity contribution in [2.45, 2.75) is 34.9 Å². The molecule has 0 radical (unpaired) electrons. The third-order valence-electron chi connectivity index (χ3n) is 4.94. The second-order valence-corrected chi connectivity index (χ2v) is 8.09. The molecule has 0 aromatic heterocycles. The SMILES string of the molecule is O=C(CN1CCC[C@@H](O)C1)N1c2ccccc2Sc2ccc(C(F)(F)F)cc21. The topological polar surface area (TPSA) is 43.8 Å². The van der Waals surface area contributed by atoms with E-state index in [4.69, 9.17) is 0 Å². The number of para-hydroxylation sites is 1. The van der Waals surface area contributed by atoms with Gasteiger partial charge in [-0.25, -0.2) is 0 Å². The van der Waals surface area contributed by atoms with Gasteiger partial charge in [0.05, 0.1) is 29.6 Å². The Bertz CT molecular complexity index is 903. The fourth-order valence-corrected chi connectivity index (χ4v) is 4.67. The number of piperidine rings is 1. The summed E-state index contributed by atoms with van der Waals surface area (Å²) < 4.78 is 39.8. The van der Waals surface area contributed by atoms with Gasteiger partial charge in [0, 0.05) is 16.3 Å². The molecule has 148 valence electrons. The normalized spacial score (nSPS) is 19.9. The Balaban J connectivity index is 1.72. The van der Waals surface area contributed by atoms with Crippen molar-refractivity contribution in [1.82, 2.24) is 4.90 Å². The molecule has 1 fully saturated rings. The van der Waals surface area contributed by atoms with Crippen molar-refractivity contribution in [1.29, 1.82) is 0 Å². The molecule has 0 bridgehead atoms. The minimum absolute atomic E-state index is 0.0474. The molecule has 2 aromatic carbocycles. The second-order valence-electron chi connectivity index (χ2n) is 7.01. The van der Waals surface area contributed by atoms with E-state index in [2.05, 4.69) is 0 Å². The highest BCUT2D eigenvalue weighted by Crippen LogP contribution is 2.49. The van der Waals surface area contributed by atoms with E-state index in [1.165, 1.54) is 22.7 Å². The highest BCUT2D eigenvalue weighted by Gasteiger charge is 2.35. The summed E-state index contributed by atoms with van der Waals surface area (Å²) in [6.07, 6.45) is -3.47. The van der Waals surface area contributed by atoms with Gasteiger partial charge in [0.2, 0.25) is 5.91 Å². The summed E-state index contributed by atoms with van der Waals surface area (Å²) in [4.78, 5) is 17.8. The molecule has 0 unspecified atom stereocenters.